The highest BCUT2D eigenvalue weighted by atomic mass is 79.9. The first-order valence-electron chi connectivity index (χ1n) is 8.79. The predicted octanol–water partition coefficient (Wildman–Crippen LogP) is 4.69. The number of halogens is 1. The zero-order valence-corrected chi connectivity index (χ0v) is 16.3. The third kappa shape index (κ3) is 4.94. The molecule has 2 aromatic rings. The third-order valence-electron chi connectivity index (χ3n) is 4.63. The minimum atomic E-state index is -0.0804. The first kappa shape index (κ1) is 18.6. The van der Waals surface area contributed by atoms with Gasteiger partial charge in [0.25, 0.3) is 0 Å². The molecule has 136 valence electrons. The Kier molecular flexibility index (Phi) is 6.09. The van der Waals surface area contributed by atoms with E-state index in [4.69, 9.17) is 4.74 Å². The predicted molar refractivity (Wildman–Crippen MR) is 104 cm³/mol. The van der Waals surface area contributed by atoms with E-state index in [1.807, 2.05) is 36.4 Å². The molecule has 1 fully saturated rings. The lowest BCUT2D eigenvalue weighted by Crippen LogP contribution is -2.30. The Hall–Kier alpha value is -2.14. The van der Waals surface area contributed by atoms with Gasteiger partial charge < -0.3 is 10.1 Å². The van der Waals surface area contributed by atoms with Gasteiger partial charge in [-0.05, 0) is 48.6 Å². The van der Waals surface area contributed by atoms with Crippen LogP contribution in [0, 0.1) is 5.92 Å². The van der Waals surface area contributed by atoms with Crippen LogP contribution in [0.15, 0.2) is 53.0 Å². The van der Waals surface area contributed by atoms with Gasteiger partial charge in [0.05, 0.1) is 13.2 Å². The van der Waals surface area contributed by atoms with Crippen molar-refractivity contribution in [3.8, 4) is 5.75 Å². The average Bonchev–Trinajstić information content (AvgIpc) is 3.50. The smallest absolute Gasteiger partial charge is 0.220 e. The van der Waals surface area contributed by atoms with Crippen molar-refractivity contribution in [3.05, 3.63) is 64.1 Å². The normalized spacial score (nSPS) is 14.5. The molecule has 2 aromatic carbocycles. The molecule has 3 rings (SSSR count). The summed E-state index contributed by atoms with van der Waals surface area (Å²) in [5.41, 5.74) is 1.72. The second-order valence-electron chi connectivity index (χ2n) is 6.59. The summed E-state index contributed by atoms with van der Waals surface area (Å²) in [6.45, 7) is 0. The maximum atomic E-state index is 12.4. The lowest BCUT2D eigenvalue weighted by molar-refractivity contribution is -0.122. The number of benzene rings is 2. The molecular formula is C21H22BrNO3. The Labute approximate surface area is 162 Å². The number of carbonyl (C=O) groups excluding carboxylic acids is 2. The van der Waals surface area contributed by atoms with Crippen molar-refractivity contribution in [1.29, 1.82) is 0 Å². The van der Waals surface area contributed by atoms with E-state index in [-0.39, 0.29) is 30.6 Å². The molecule has 0 aromatic heterocycles. The summed E-state index contributed by atoms with van der Waals surface area (Å²) >= 11 is 3.35. The minimum Gasteiger partial charge on any atom is -0.497 e. The van der Waals surface area contributed by atoms with E-state index in [9.17, 15) is 9.59 Å². The quantitative estimate of drug-likeness (QED) is 0.636. The maximum absolute atomic E-state index is 12.4. The van der Waals surface area contributed by atoms with E-state index < -0.39 is 0 Å². The van der Waals surface area contributed by atoms with E-state index >= 15 is 0 Å². The molecule has 1 atom stereocenters. The fourth-order valence-corrected chi connectivity index (χ4v) is 3.23. The first-order valence-corrected chi connectivity index (χ1v) is 9.58. The number of hydrogen-bond acceptors (Lipinski definition) is 3. The zero-order valence-electron chi connectivity index (χ0n) is 14.7. The lowest BCUT2D eigenvalue weighted by Gasteiger charge is -2.19. The molecule has 26 heavy (non-hydrogen) atoms. The standard InChI is InChI=1S/C21H22BrNO3/c1-26-18-10-6-16(7-11-18)21(15-2-3-15)23-20(25)13-12-19(24)14-4-8-17(22)9-5-14/h4-11,15,21H,2-3,12-13H2,1H3,(H,23,25). The lowest BCUT2D eigenvalue weighted by atomic mass is 10.0. The van der Waals surface area contributed by atoms with Gasteiger partial charge in [-0.15, -0.1) is 0 Å². The number of amides is 1. The van der Waals surface area contributed by atoms with E-state index in [1.165, 1.54) is 0 Å². The monoisotopic (exact) mass is 415 g/mol. The molecule has 0 radical (unpaired) electrons. The summed E-state index contributed by atoms with van der Waals surface area (Å²) < 4.78 is 6.12. The molecule has 0 saturated heterocycles. The van der Waals surface area contributed by atoms with E-state index in [0.717, 1.165) is 28.6 Å². The number of carbonyl (C=O) groups is 2. The van der Waals surface area contributed by atoms with Crippen LogP contribution in [0.5, 0.6) is 5.75 Å². The van der Waals surface area contributed by atoms with Crippen molar-refractivity contribution < 1.29 is 14.3 Å². The SMILES string of the molecule is COc1ccc(C(NC(=O)CCC(=O)c2ccc(Br)cc2)C2CC2)cc1. The van der Waals surface area contributed by atoms with Gasteiger partial charge in [0.2, 0.25) is 5.91 Å². The summed E-state index contributed by atoms with van der Waals surface area (Å²) in [6.07, 6.45) is 2.66. The van der Waals surface area contributed by atoms with Crippen molar-refractivity contribution in [2.75, 3.05) is 7.11 Å². The van der Waals surface area contributed by atoms with Crippen LogP contribution < -0.4 is 10.1 Å². The van der Waals surface area contributed by atoms with Gasteiger partial charge in [-0.2, -0.15) is 0 Å². The van der Waals surface area contributed by atoms with Crippen LogP contribution in [0.4, 0.5) is 0 Å². The highest BCUT2D eigenvalue weighted by Gasteiger charge is 2.33. The van der Waals surface area contributed by atoms with Gasteiger partial charge in [0, 0.05) is 22.9 Å². The zero-order chi connectivity index (χ0) is 18.5. The maximum Gasteiger partial charge on any atom is 0.220 e. The minimum absolute atomic E-state index is 0.0104. The molecule has 0 bridgehead atoms. The molecule has 1 unspecified atom stereocenters. The summed E-state index contributed by atoms with van der Waals surface area (Å²) in [5.74, 6) is 1.19. The Morgan fingerprint density at radius 1 is 1.08 bits per heavy atom. The van der Waals surface area contributed by atoms with Gasteiger partial charge in [-0.1, -0.05) is 40.2 Å². The molecule has 1 saturated carbocycles. The van der Waals surface area contributed by atoms with Gasteiger partial charge in [-0.25, -0.2) is 0 Å². The number of rotatable bonds is 8. The van der Waals surface area contributed by atoms with Crippen LogP contribution in [-0.4, -0.2) is 18.8 Å². The second-order valence-corrected chi connectivity index (χ2v) is 7.50. The second kappa shape index (κ2) is 8.49. The number of methoxy groups -OCH3 is 1. The summed E-state index contributed by atoms with van der Waals surface area (Å²) in [5, 5.41) is 3.11. The van der Waals surface area contributed by atoms with E-state index in [0.29, 0.717) is 11.5 Å². The van der Waals surface area contributed by atoms with Crippen LogP contribution in [-0.2, 0) is 4.79 Å². The van der Waals surface area contributed by atoms with Crippen molar-refractivity contribution in [2.24, 2.45) is 5.92 Å². The Bertz CT molecular complexity index is 767. The molecule has 0 spiro atoms. The van der Waals surface area contributed by atoms with Crippen molar-refractivity contribution in [3.63, 3.8) is 0 Å². The Morgan fingerprint density at radius 2 is 1.73 bits per heavy atom. The fourth-order valence-electron chi connectivity index (χ4n) is 2.97. The molecule has 0 heterocycles. The van der Waals surface area contributed by atoms with Crippen molar-refractivity contribution in [2.45, 2.75) is 31.7 Å². The highest BCUT2D eigenvalue weighted by molar-refractivity contribution is 9.10. The van der Waals surface area contributed by atoms with E-state index in [1.54, 1.807) is 19.2 Å². The Balaban J connectivity index is 1.56. The number of Topliss-reactive ketones (excluding diaryl/α,β-unsaturated/α-hetero) is 1. The van der Waals surface area contributed by atoms with Crippen molar-refractivity contribution in [1.82, 2.24) is 5.32 Å². The largest absolute Gasteiger partial charge is 0.497 e. The topological polar surface area (TPSA) is 55.4 Å². The molecular weight excluding hydrogens is 394 g/mol. The van der Waals surface area contributed by atoms with Gasteiger partial charge in [0.15, 0.2) is 5.78 Å². The fraction of sp³-hybridized carbons (Fsp3) is 0.333. The first-order chi connectivity index (χ1) is 12.6. The van der Waals surface area contributed by atoms with Crippen LogP contribution in [0.25, 0.3) is 0 Å². The molecule has 0 aliphatic heterocycles. The van der Waals surface area contributed by atoms with Crippen LogP contribution in [0.3, 0.4) is 0 Å². The average molecular weight is 416 g/mol. The number of ether oxygens (including phenoxy) is 1. The van der Waals surface area contributed by atoms with Gasteiger partial charge in [-0.3, -0.25) is 9.59 Å². The molecule has 5 heteroatoms. The molecule has 1 amide bonds. The highest BCUT2D eigenvalue weighted by Crippen LogP contribution is 2.41. The number of nitrogens with one attached hydrogen (secondary N) is 1. The number of ketones is 1. The van der Waals surface area contributed by atoms with Crippen LogP contribution >= 0.6 is 15.9 Å². The van der Waals surface area contributed by atoms with Gasteiger partial charge in [0.1, 0.15) is 5.75 Å². The summed E-state index contributed by atoms with van der Waals surface area (Å²) in [6, 6.07) is 15.0. The molecule has 4 nitrogen and oxygen atoms in total. The van der Waals surface area contributed by atoms with E-state index in [2.05, 4.69) is 21.2 Å². The Morgan fingerprint density at radius 3 is 2.31 bits per heavy atom. The third-order valence-corrected chi connectivity index (χ3v) is 5.16. The molecule has 1 aliphatic carbocycles. The molecule has 1 N–H and O–H groups in total. The van der Waals surface area contributed by atoms with Crippen LogP contribution in [0.2, 0.25) is 0 Å². The van der Waals surface area contributed by atoms with Gasteiger partial charge >= 0.3 is 0 Å². The number of hydrogen-bond donors (Lipinski definition) is 1. The summed E-state index contributed by atoms with van der Waals surface area (Å²) in [7, 11) is 1.64. The van der Waals surface area contributed by atoms with Crippen LogP contribution in [0.1, 0.15) is 47.6 Å². The molecule has 1 aliphatic rings. The summed E-state index contributed by atoms with van der Waals surface area (Å²) in [4.78, 5) is 24.6. The van der Waals surface area contributed by atoms with Crippen molar-refractivity contribution >= 4 is 27.6 Å².